The monoisotopic (exact) mass is 729 g/mol. The third-order valence-corrected chi connectivity index (χ3v) is 8.86. The fourth-order valence-electron chi connectivity index (χ4n) is 4.86. The summed E-state index contributed by atoms with van der Waals surface area (Å²) in [5.74, 6) is -1.20. The zero-order valence-electron chi connectivity index (χ0n) is 27.0. The van der Waals surface area contributed by atoms with Crippen molar-refractivity contribution in [1.82, 2.24) is 5.32 Å². The molecule has 0 heterocycles. The summed E-state index contributed by atoms with van der Waals surface area (Å²) in [6.45, 7) is 2.23. The van der Waals surface area contributed by atoms with Gasteiger partial charge in [-0.25, -0.2) is 0 Å². The average Bonchev–Trinajstić information content (AvgIpc) is 3.12. The molecular weight excluding hydrogens is 699 g/mol. The minimum atomic E-state index is -4.63. The molecule has 260 valence electrons. The van der Waals surface area contributed by atoms with E-state index in [1.807, 2.05) is 6.92 Å². The number of carbonyl (C=O) groups excluding carboxylic acids is 3. The Bertz CT molecular complexity index is 2040. The fraction of sp³-hybridized carbons (Fsp3) is 0.103. The first-order valence-corrected chi connectivity index (χ1v) is 16.9. The van der Waals surface area contributed by atoms with Crippen LogP contribution in [0.2, 0.25) is 5.02 Å². The molecule has 0 aliphatic rings. The molecular formula is C39H31ClF3N3O4S. The number of rotatable bonds is 12. The van der Waals surface area contributed by atoms with E-state index in [4.69, 9.17) is 16.3 Å². The second-order valence-electron chi connectivity index (χ2n) is 10.9. The van der Waals surface area contributed by atoms with Gasteiger partial charge in [-0.15, -0.1) is 11.8 Å². The van der Waals surface area contributed by atoms with Crippen molar-refractivity contribution in [2.75, 3.05) is 17.2 Å². The molecule has 3 amide bonds. The predicted octanol–water partition coefficient (Wildman–Crippen LogP) is 9.64. The van der Waals surface area contributed by atoms with Crippen molar-refractivity contribution in [2.45, 2.75) is 23.2 Å². The summed E-state index contributed by atoms with van der Waals surface area (Å²) in [4.78, 5) is 41.1. The smallest absolute Gasteiger partial charge is 0.416 e. The van der Waals surface area contributed by atoms with E-state index in [9.17, 15) is 27.6 Å². The highest BCUT2D eigenvalue weighted by Crippen LogP contribution is 2.39. The van der Waals surface area contributed by atoms with E-state index < -0.39 is 34.7 Å². The maximum atomic E-state index is 13.8. The number of anilines is 2. The van der Waals surface area contributed by atoms with Gasteiger partial charge in [-0.3, -0.25) is 14.4 Å². The number of halogens is 4. The van der Waals surface area contributed by atoms with Gasteiger partial charge in [0.25, 0.3) is 11.8 Å². The van der Waals surface area contributed by atoms with Gasteiger partial charge in [0.1, 0.15) is 16.7 Å². The van der Waals surface area contributed by atoms with Crippen molar-refractivity contribution in [2.24, 2.45) is 0 Å². The van der Waals surface area contributed by atoms with Crippen LogP contribution >= 0.6 is 23.4 Å². The molecule has 0 aliphatic carbocycles. The van der Waals surface area contributed by atoms with Crippen molar-refractivity contribution in [3.8, 4) is 5.75 Å². The van der Waals surface area contributed by atoms with Gasteiger partial charge in [-0.2, -0.15) is 13.2 Å². The zero-order valence-corrected chi connectivity index (χ0v) is 28.6. The summed E-state index contributed by atoms with van der Waals surface area (Å²) in [7, 11) is 0. The number of hydrogen-bond acceptors (Lipinski definition) is 5. The Morgan fingerprint density at radius 1 is 0.824 bits per heavy atom. The molecule has 12 heteroatoms. The van der Waals surface area contributed by atoms with Crippen molar-refractivity contribution in [3.63, 3.8) is 0 Å². The largest absolute Gasteiger partial charge is 0.493 e. The summed E-state index contributed by atoms with van der Waals surface area (Å²) in [5.41, 5.74) is 0.680. The zero-order chi connectivity index (χ0) is 36.4. The lowest BCUT2D eigenvalue weighted by Gasteiger charge is -2.19. The van der Waals surface area contributed by atoms with Gasteiger partial charge in [0.05, 0.1) is 22.9 Å². The Hall–Kier alpha value is -5.52. The number of benzene rings is 5. The van der Waals surface area contributed by atoms with Crippen LogP contribution in [0.5, 0.6) is 5.75 Å². The van der Waals surface area contributed by atoms with Crippen molar-refractivity contribution >= 4 is 58.5 Å². The van der Waals surface area contributed by atoms with Crippen molar-refractivity contribution in [3.05, 3.63) is 160 Å². The van der Waals surface area contributed by atoms with Gasteiger partial charge in [0, 0.05) is 21.7 Å². The molecule has 0 fully saturated rings. The fourth-order valence-corrected chi connectivity index (χ4v) is 6.11. The average molecular weight is 730 g/mol. The Labute approximate surface area is 301 Å². The molecule has 3 N–H and O–H groups in total. The number of para-hydroxylation sites is 1. The molecule has 0 aliphatic heterocycles. The van der Waals surface area contributed by atoms with Crippen LogP contribution in [0.25, 0.3) is 6.08 Å². The Kier molecular flexibility index (Phi) is 12.2. The van der Waals surface area contributed by atoms with E-state index >= 15 is 0 Å². The third-order valence-electron chi connectivity index (χ3n) is 7.29. The molecule has 5 aromatic rings. The van der Waals surface area contributed by atoms with E-state index in [2.05, 4.69) is 16.0 Å². The summed E-state index contributed by atoms with van der Waals surface area (Å²) >= 11 is 7.29. The van der Waals surface area contributed by atoms with Crippen LogP contribution in [0.3, 0.4) is 0 Å². The first-order valence-electron chi connectivity index (χ1n) is 15.6. The summed E-state index contributed by atoms with van der Waals surface area (Å²) in [5, 5.41) is 7.11. The molecule has 0 radical (unpaired) electrons. The van der Waals surface area contributed by atoms with Crippen LogP contribution < -0.4 is 20.7 Å². The molecule has 0 saturated carbocycles. The van der Waals surface area contributed by atoms with Crippen LogP contribution in [0, 0.1) is 0 Å². The molecule has 1 atom stereocenters. The Morgan fingerprint density at radius 2 is 1.51 bits per heavy atom. The Morgan fingerprint density at radius 3 is 2.22 bits per heavy atom. The quantitative estimate of drug-likeness (QED) is 0.0878. The molecule has 5 aromatic carbocycles. The minimum Gasteiger partial charge on any atom is -0.493 e. The molecule has 7 nitrogen and oxygen atoms in total. The number of ether oxygens (including phenoxy) is 1. The summed E-state index contributed by atoms with van der Waals surface area (Å²) in [6.07, 6.45) is -3.11. The maximum absolute atomic E-state index is 13.8. The van der Waals surface area contributed by atoms with Crippen molar-refractivity contribution in [1.29, 1.82) is 0 Å². The topological polar surface area (TPSA) is 96.5 Å². The third kappa shape index (κ3) is 10.0. The number of amides is 3. The number of thioether (sulfide) groups is 1. The lowest BCUT2D eigenvalue weighted by atomic mass is 10.1. The lowest BCUT2D eigenvalue weighted by molar-refractivity contribution is -0.137. The predicted molar refractivity (Wildman–Crippen MR) is 195 cm³/mol. The number of alkyl halides is 3. The highest BCUT2D eigenvalue weighted by atomic mass is 35.5. The van der Waals surface area contributed by atoms with Crippen LogP contribution in [0.15, 0.2) is 138 Å². The number of hydrogen-bond donors (Lipinski definition) is 3. The molecule has 0 aromatic heterocycles. The molecule has 0 spiro atoms. The van der Waals surface area contributed by atoms with Gasteiger partial charge in [-0.05, 0) is 73.2 Å². The molecule has 51 heavy (non-hydrogen) atoms. The van der Waals surface area contributed by atoms with Gasteiger partial charge < -0.3 is 20.7 Å². The number of nitrogens with one attached hydrogen (secondary N) is 3. The standard InChI is InChI=1S/C39H31ClF3N3O4S/c1-2-50-34-19-10-9-16-27(34)22-33(46-36(47)26-14-7-4-8-15-26)37(48)44-29-17-11-18-30(24-29)51-35(25-12-5-3-6-13-25)38(49)45-32-23-28(39(41,42)43)20-21-31(32)40/h3-24,35H,2H2,1H3,(H,44,48)(H,45,49)(H,46,47)/b33-22+. The molecule has 0 saturated heterocycles. The SMILES string of the molecule is CCOc1ccccc1/C=C(/NC(=O)c1ccccc1)C(=O)Nc1cccc(SC(C(=O)Nc2cc(C(F)(F)F)ccc2Cl)c2ccccc2)c1. The van der Waals surface area contributed by atoms with Crippen molar-refractivity contribution < 1.29 is 32.3 Å². The van der Waals surface area contributed by atoms with E-state index in [-0.39, 0.29) is 16.4 Å². The van der Waals surface area contributed by atoms with E-state index in [0.29, 0.717) is 39.6 Å². The van der Waals surface area contributed by atoms with Gasteiger partial charge in [0.15, 0.2) is 0 Å². The highest BCUT2D eigenvalue weighted by molar-refractivity contribution is 8.00. The minimum absolute atomic E-state index is 0.0476. The van der Waals surface area contributed by atoms with E-state index in [1.54, 1.807) is 109 Å². The van der Waals surface area contributed by atoms with Gasteiger partial charge >= 0.3 is 6.18 Å². The van der Waals surface area contributed by atoms with E-state index in [0.717, 1.165) is 30.0 Å². The number of carbonyl (C=O) groups is 3. The van der Waals surface area contributed by atoms with E-state index in [1.165, 1.54) is 6.08 Å². The normalized spacial score (nSPS) is 12.1. The van der Waals surface area contributed by atoms with Gasteiger partial charge in [0.2, 0.25) is 5.91 Å². The van der Waals surface area contributed by atoms with Crippen LogP contribution in [0.1, 0.15) is 39.2 Å². The second kappa shape index (κ2) is 16.9. The summed E-state index contributed by atoms with van der Waals surface area (Å²) < 4.78 is 45.9. The van der Waals surface area contributed by atoms with Crippen LogP contribution in [-0.2, 0) is 15.8 Å². The summed E-state index contributed by atoms with van der Waals surface area (Å²) in [6, 6.07) is 33.7. The van der Waals surface area contributed by atoms with Crippen LogP contribution in [-0.4, -0.2) is 24.3 Å². The first-order chi connectivity index (χ1) is 24.5. The molecule has 1 unspecified atom stereocenters. The Balaban J connectivity index is 1.41. The van der Waals surface area contributed by atoms with Crippen LogP contribution in [0.4, 0.5) is 24.5 Å². The highest BCUT2D eigenvalue weighted by Gasteiger charge is 2.32. The molecule has 5 rings (SSSR count). The lowest BCUT2D eigenvalue weighted by Crippen LogP contribution is -2.30. The molecule has 0 bridgehead atoms. The second-order valence-corrected chi connectivity index (χ2v) is 12.5. The van der Waals surface area contributed by atoms with Gasteiger partial charge in [-0.1, -0.05) is 84.4 Å². The maximum Gasteiger partial charge on any atom is 0.416 e. The first kappa shape index (κ1) is 36.8.